The largest absolute Gasteiger partial charge is 0.369 e. The first kappa shape index (κ1) is 18.6. The van der Waals surface area contributed by atoms with Gasteiger partial charge in [0.1, 0.15) is 0 Å². The number of anilines is 1. The quantitative estimate of drug-likeness (QED) is 0.706. The Hall–Kier alpha value is -1.69. The molecule has 2 amide bonds. The average molecular weight is 383 g/mol. The van der Waals surface area contributed by atoms with Crippen molar-refractivity contribution < 1.29 is 9.59 Å². The number of nitrogens with one attached hydrogen (secondary N) is 1. The zero-order valence-electron chi connectivity index (χ0n) is 12.7. The second kappa shape index (κ2) is 8.97. The second-order valence-electron chi connectivity index (χ2n) is 5.04. The molecule has 24 heavy (non-hydrogen) atoms. The molecule has 0 aliphatic rings. The van der Waals surface area contributed by atoms with Gasteiger partial charge in [0.2, 0.25) is 11.8 Å². The third-order valence-electron chi connectivity index (χ3n) is 3.17. The molecule has 0 saturated heterocycles. The number of amides is 2. The summed E-state index contributed by atoms with van der Waals surface area (Å²) in [4.78, 5) is 23.9. The van der Waals surface area contributed by atoms with Crippen LogP contribution < -0.4 is 11.1 Å². The van der Waals surface area contributed by atoms with Crippen LogP contribution >= 0.6 is 35.0 Å². The van der Waals surface area contributed by atoms with Gasteiger partial charge in [0, 0.05) is 21.4 Å². The minimum Gasteiger partial charge on any atom is -0.369 e. The lowest BCUT2D eigenvalue weighted by Gasteiger charge is -2.10. The fourth-order valence-corrected chi connectivity index (χ4v) is 3.28. The second-order valence-corrected chi connectivity index (χ2v) is 6.90. The first-order valence-corrected chi connectivity index (χ1v) is 8.94. The molecule has 7 heteroatoms. The Labute approximate surface area is 154 Å². The lowest BCUT2D eigenvalue weighted by atomic mass is 10.1. The van der Waals surface area contributed by atoms with Crippen LogP contribution in [0, 0.1) is 0 Å². The van der Waals surface area contributed by atoms with Crippen molar-refractivity contribution in [1.82, 2.24) is 0 Å². The number of para-hydroxylation sites is 1. The zero-order valence-corrected chi connectivity index (χ0v) is 15.0. The van der Waals surface area contributed by atoms with Crippen LogP contribution in [0.4, 0.5) is 5.69 Å². The van der Waals surface area contributed by atoms with Crippen LogP contribution in [0.15, 0.2) is 47.4 Å². The zero-order chi connectivity index (χ0) is 17.5. The highest BCUT2D eigenvalue weighted by Gasteiger charge is 2.09. The predicted octanol–water partition coefficient (Wildman–Crippen LogP) is 4.14. The van der Waals surface area contributed by atoms with E-state index < -0.39 is 5.91 Å². The number of carbonyl (C=O) groups is 2. The van der Waals surface area contributed by atoms with Gasteiger partial charge in [-0.05, 0) is 36.2 Å². The Morgan fingerprint density at radius 1 is 1.12 bits per heavy atom. The van der Waals surface area contributed by atoms with E-state index in [9.17, 15) is 9.59 Å². The molecule has 2 aromatic carbocycles. The van der Waals surface area contributed by atoms with Crippen molar-refractivity contribution in [3.05, 3.63) is 58.1 Å². The molecule has 0 saturated carbocycles. The third-order valence-corrected chi connectivity index (χ3v) is 4.85. The van der Waals surface area contributed by atoms with Gasteiger partial charge >= 0.3 is 0 Å². The number of rotatable bonds is 7. The molecule has 0 radical (unpaired) electrons. The molecule has 0 spiro atoms. The average Bonchev–Trinajstić information content (AvgIpc) is 2.53. The molecule has 0 aliphatic heterocycles. The number of aryl methyl sites for hydroxylation is 1. The number of thioether (sulfide) groups is 1. The van der Waals surface area contributed by atoms with Crippen molar-refractivity contribution in [1.29, 1.82) is 0 Å². The van der Waals surface area contributed by atoms with Gasteiger partial charge in [-0.15, -0.1) is 11.8 Å². The van der Waals surface area contributed by atoms with Gasteiger partial charge in [0.15, 0.2) is 0 Å². The summed E-state index contributed by atoms with van der Waals surface area (Å²) in [7, 11) is 0. The summed E-state index contributed by atoms with van der Waals surface area (Å²) in [6, 6.07) is 12.5. The predicted molar refractivity (Wildman–Crippen MR) is 99.8 cm³/mol. The van der Waals surface area contributed by atoms with Crippen molar-refractivity contribution in [2.75, 3.05) is 11.1 Å². The summed E-state index contributed by atoms with van der Waals surface area (Å²) in [5.41, 5.74) is 6.69. The Morgan fingerprint density at radius 3 is 2.58 bits per heavy atom. The summed E-state index contributed by atoms with van der Waals surface area (Å²) >= 11 is 13.3. The van der Waals surface area contributed by atoms with Gasteiger partial charge in [0.25, 0.3) is 0 Å². The van der Waals surface area contributed by atoms with Crippen LogP contribution in [0.5, 0.6) is 0 Å². The van der Waals surface area contributed by atoms with Gasteiger partial charge in [-0.1, -0.05) is 41.4 Å². The van der Waals surface area contributed by atoms with Crippen molar-refractivity contribution in [3.63, 3.8) is 0 Å². The van der Waals surface area contributed by atoms with Crippen LogP contribution in [0.3, 0.4) is 0 Å². The molecule has 0 atom stereocenters. The van der Waals surface area contributed by atoms with Crippen molar-refractivity contribution in [3.8, 4) is 0 Å². The fourth-order valence-electron chi connectivity index (χ4n) is 2.03. The number of primary amides is 1. The minimum absolute atomic E-state index is 0.131. The normalized spacial score (nSPS) is 10.4. The fraction of sp³-hybridized carbons (Fsp3) is 0.176. The third kappa shape index (κ3) is 5.74. The van der Waals surface area contributed by atoms with Gasteiger partial charge < -0.3 is 11.1 Å². The van der Waals surface area contributed by atoms with Gasteiger partial charge in [-0.3, -0.25) is 9.59 Å². The van der Waals surface area contributed by atoms with E-state index in [0.29, 0.717) is 22.2 Å². The lowest BCUT2D eigenvalue weighted by molar-refractivity contribution is -0.116. The Bertz CT molecular complexity index is 753. The van der Waals surface area contributed by atoms with Crippen molar-refractivity contribution in [2.24, 2.45) is 5.73 Å². The highest BCUT2D eigenvalue weighted by molar-refractivity contribution is 8.00. The van der Waals surface area contributed by atoms with E-state index in [1.807, 2.05) is 24.3 Å². The van der Waals surface area contributed by atoms with Crippen molar-refractivity contribution >= 4 is 52.5 Å². The Balaban J connectivity index is 1.96. The number of halogens is 2. The van der Waals surface area contributed by atoms with Gasteiger partial charge in [0.05, 0.1) is 11.4 Å². The van der Waals surface area contributed by atoms with Gasteiger partial charge in [-0.25, -0.2) is 0 Å². The van der Waals surface area contributed by atoms with Gasteiger partial charge in [-0.2, -0.15) is 0 Å². The maximum atomic E-state index is 12.2. The molecule has 0 fully saturated rings. The number of carbonyl (C=O) groups excluding carboxylic acids is 2. The van der Waals surface area contributed by atoms with E-state index in [1.165, 1.54) is 11.8 Å². The van der Waals surface area contributed by atoms with Crippen LogP contribution in [0.2, 0.25) is 10.0 Å². The first-order chi connectivity index (χ1) is 11.5. The maximum absolute atomic E-state index is 12.2. The number of hydrogen-bond donors (Lipinski definition) is 2. The highest BCUT2D eigenvalue weighted by Crippen LogP contribution is 2.27. The van der Waals surface area contributed by atoms with E-state index in [2.05, 4.69) is 5.32 Å². The topological polar surface area (TPSA) is 72.2 Å². The van der Waals surface area contributed by atoms with E-state index in [1.54, 1.807) is 18.2 Å². The molecule has 2 rings (SSSR count). The summed E-state index contributed by atoms with van der Waals surface area (Å²) in [6.45, 7) is 0. The van der Waals surface area contributed by atoms with E-state index in [0.717, 1.165) is 10.5 Å². The molecular formula is C17H16Cl2N2O2S. The van der Waals surface area contributed by atoms with Crippen LogP contribution in [-0.2, 0) is 16.0 Å². The molecule has 0 aliphatic carbocycles. The minimum atomic E-state index is -0.404. The standard InChI is InChI=1S/C17H16Cl2N2O2S/c18-12-7-5-11(13(19)9-12)6-8-17(23)21-14-3-1-2-4-15(14)24-10-16(20)22/h1-5,7,9H,6,8,10H2,(H2,20,22)(H,21,23). The molecule has 0 bridgehead atoms. The molecule has 0 unspecified atom stereocenters. The Kier molecular flexibility index (Phi) is 6.97. The molecule has 126 valence electrons. The van der Waals surface area contributed by atoms with Crippen LogP contribution in [0.25, 0.3) is 0 Å². The maximum Gasteiger partial charge on any atom is 0.227 e. The molecule has 0 heterocycles. The summed E-state index contributed by atoms with van der Waals surface area (Å²) in [5, 5.41) is 3.97. The van der Waals surface area contributed by atoms with E-state index >= 15 is 0 Å². The monoisotopic (exact) mass is 382 g/mol. The number of hydrogen-bond acceptors (Lipinski definition) is 3. The summed E-state index contributed by atoms with van der Waals surface area (Å²) in [5.74, 6) is -0.376. The molecule has 2 aromatic rings. The smallest absolute Gasteiger partial charge is 0.227 e. The van der Waals surface area contributed by atoms with Crippen LogP contribution in [-0.4, -0.2) is 17.6 Å². The number of nitrogens with two attached hydrogens (primary N) is 1. The lowest BCUT2D eigenvalue weighted by Crippen LogP contribution is -2.15. The Morgan fingerprint density at radius 2 is 1.88 bits per heavy atom. The van der Waals surface area contributed by atoms with Crippen LogP contribution in [0.1, 0.15) is 12.0 Å². The summed E-state index contributed by atoms with van der Waals surface area (Å²) < 4.78 is 0. The molecule has 3 N–H and O–H groups in total. The first-order valence-electron chi connectivity index (χ1n) is 7.19. The SMILES string of the molecule is NC(=O)CSc1ccccc1NC(=O)CCc1ccc(Cl)cc1Cl. The van der Waals surface area contributed by atoms with E-state index in [4.69, 9.17) is 28.9 Å². The molecule has 4 nitrogen and oxygen atoms in total. The molecular weight excluding hydrogens is 367 g/mol. The molecule has 0 aromatic heterocycles. The van der Waals surface area contributed by atoms with E-state index in [-0.39, 0.29) is 18.1 Å². The number of benzene rings is 2. The van der Waals surface area contributed by atoms with Crippen molar-refractivity contribution in [2.45, 2.75) is 17.7 Å². The highest BCUT2D eigenvalue weighted by atomic mass is 35.5. The summed E-state index contributed by atoms with van der Waals surface area (Å²) in [6.07, 6.45) is 0.800.